The van der Waals surface area contributed by atoms with Crippen LogP contribution in [0.25, 0.3) is 0 Å². The molecule has 2 aromatic rings. The van der Waals surface area contributed by atoms with E-state index in [4.69, 9.17) is 0 Å². The number of aromatic nitrogens is 2. The lowest BCUT2D eigenvalue weighted by Crippen LogP contribution is -2.49. The Morgan fingerprint density at radius 2 is 1.72 bits per heavy atom. The van der Waals surface area contributed by atoms with Crippen molar-refractivity contribution in [1.29, 1.82) is 0 Å². The van der Waals surface area contributed by atoms with Gasteiger partial charge in [0.15, 0.2) is 9.84 Å². The van der Waals surface area contributed by atoms with E-state index in [-0.39, 0.29) is 17.5 Å². The molecule has 2 aliphatic heterocycles. The number of piperazine rings is 1. The summed E-state index contributed by atoms with van der Waals surface area (Å²) in [5.74, 6) is 0.346. The zero-order chi connectivity index (χ0) is 23.1. The lowest BCUT2D eigenvalue weighted by Gasteiger charge is -2.35. The number of hydrogen-bond acceptors (Lipinski definition) is 6. The van der Waals surface area contributed by atoms with Crippen LogP contribution in [0.2, 0.25) is 0 Å². The van der Waals surface area contributed by atoms with Gasteiger partial charge >= 0.3 is 0 Å². The van der Waals surface area contributed by atoms with Gasteiger partial charge in [-0.05, 0) is 44.4 Å². The average Bonchev–Trinajstić information content (AvgIpc) is 3.26. The zero-order valence-electron chi connectivity index (χ0n) is 19.0. The van der Waals surface area contributed by atoms with E-state index in [1.54, 1.807) is 16.4 Å². The van der Waals surface area contributed by atoms with Gasteiger partial charge in [0.1, 0.15) is 0 Å². The molecule has 4 rings (SSSR count). The number of aryl methyl sites for hydroxylation is 2. The number of hydrogen-bond donors (Lipinski definition) is 0. The van der Waals surface area contributed by atoms with E-state index in [9.17, 15) is 16.8 Å². The maximum Gasteiger partial charge on any atom is 0.243 e. The van der Waals surface area contributed by atoms with Crippen molar-refractivity contribution < 1.29 is 16.8 Å². The van der Waals surface area contributed by atoms with E-state index in [0.717, 1.165) is 35.5 Å². The second-order valence-corrected chi connectivity index (χ2v) is 13.0. The normalized spacial score (nSPS) is 21.8. The summed E-state index contributed by atoms with van der Waals surface area (Å²) in [7, 11) is -6.51. The van der Waals surface area contributed by atoms with Crippen molar-refractivity contribution in [1.82, 2.24) is 14.1 Å². The van der Waals surface area contributed by atoms with Crippen LogP contribution in [0.15, 0.2) is 29.2 Å². The Morgan fingerprint density at radius 1 is 1.06 bits per heavy atom. The Labute approximate surface area is 191 Å². The van der Waals surface area contributed by atoms with Crippen molar-refractivity contribution in [3.63, 3.8) is 0 Å². The quantitative estimate of drug-likeness (QED) is 0.630. The number of sulfonamides is 1. The van der Waals surface area contributed by atoms with Crippen LogP contribution in [0.4, 0.5) is 5.69 Å². The highest BCUT2D eigenvalue weighted by Gasteiger charge is 2.34. The predicted octanol–water partition coefficient (Wildman–Crippen LogP) is 2.32. The van der Waals surface area contributed by atoms with Gasteiger partial charge in [-0.2, -0.15) is 9.40 Å². The maximum absolute atomic E-state index is 13.1. The topological polar surface area (TPSA) is 92.6 Å². The van der Waals surface area contributed by atoms with Gasteiger partial charge in [-0.3, -0.25) is 4.68 Å². The molecule has 0 bridgehead atoms. The maximum atomic E-state index is 13.1. The van der Waals surface area contributed by atoms with E-state index in [1.165, 1.54) is 0 Å². The van der Waals surface area contributed by atoms with Crippen molar-refractivity contribution in [3.8, 4) is 0 Å². The molecule has 2 aliphatic rings. The van der Waals surface area contributed by atoms with Gasteiger partial charge in [0.2, 0.25) is 10.0 Å². The van der Waals surface area contributed by atoms with Gasteiger partial charge in [-0.1, -0.05) is 25.5 Å². The molecular weight excluding hydrogens is 448 g/mol. The fraction of sp³-hybridized carbons (Fsp3) is 0.591. The lowest BCUT2D eigenvalue weighted by molar-refractivity contribution is 0.384. The highest BCUT2D eigenvalue weighted by atomic mass is 32.2. The summed E-state index contributed by atoms with van der Waals surface area (Å²) in [4.78, 5) is 2.52. The Hall–Kier alpha value is -1.91. The van der Waals surface area contributed by atoms with E-state index in [2.05, 4.69) is 16.9 Å². The van der Waals surface area contributed by atoms with Gasteiger partial charge in [0, 0.05) is 26.2 Å². The first kappa shape index (κ1) is 23.3. The Bertz CT molecular complexity index is 1180. The molecule has 0 saturated carbocycles. The number of nitrogens with zero attached hydrogens (tertiary/aromatic N) is 4. The highest BCUT2D eigenvalue weighted by Crippen LogP contribution is 2.32. The van der Waals surface area contributed by atoms with E-state index in [1.807, 2.05) is 30.7 Å². The molecule has 176 valence electrons. The van der Waals surface area contributed by atoms with Crippen LogP contribution in [-0.4, -0.2) is 68.6 Å². The Kier molecular flexibility index (Phi) is 6.39. The summed E-state index contributed by atoms with van der Waals surface area (Å²) in [5.41, 5.74) is 3.95. The second-order valence-electron chi connectivity index (χ2n) is 8.81. The summed E-state index contributed by atoms with van der Waals surface area (Å²) in [6, 6.07) is 7.10. The first-order valence-electron chi connectivity index (χ1n) is 11.2. The molecule has 0 aliphatic carbocycles. The van der Waals surface area contributed by atoms with Crippen LogP contribution in [-0.2, 0) is 26.3 Å². The summed E-state index contributed by atoms with van der Waals surface area (Å²) >= 11 is 0. The minimum Gasteiger partial charge on any atom is -0.366 e. The van der Waals surface area contributed by atoms with Gasteiger partial charge in [0.25, 0.3) is 0 Å². The molecule has 32 heavy (non-hydrogen) atoms. The molecule has 1 unspecified atom stereocenters. The third kappa shape index (κ3) is 4.45. The third-order valence-corrected chi connectivity index (χ3v) is 10.2. The minimum absolute atomic E-state index is 0.121. The molecule has 0 amide bonds. The van der Waals surface area contributed by atoms with Gasteiger partial charge in [-0.25, -0.2) is 16.8 Å². The lowest BCUT2D eigenvalue weighted by atomic mass is 10.1. The van der Waals surface area contributed by atoms with Crippen LogP contribution in [0.1, 0.15) is 42.8 Å². The Balaban J connectivity index is 1.47. The highest BCUT2D eigenvalue weighted by molar-refractivity contribution is 7.91. The van der Waals surface area contributed by atoms with Gasteiger partial charge < -0.3 is 4.90 Å². The monoisotopic (exact) mass is 480 g/mol. The molecule has 3 heterocycles. The van der Waals surface area contributed by atoms with Crippen LogP contribution < -0.4 is 4.90 Å². The second kappa shape index (κ2) is 8.79. The molecule has 0 spiro atoms. The van der Waals surface area contributed by atoms with E-state index in [0.29, 0.717) is 37.5 Å². The van der Waals surface area contributed by atoms with Gasteiger partial charge in [0.05, 0.1) is 39.5 Å². The van der Waals surface area contributed by atoms with Crippen LogP contribution in [0.3, 0.4) is 0 Å². The molecule has 1 atom stereocenters. The standard InChI is InChI=1S/C22H32N4O4S2/c1-4-5-19-6-8-21(9-7-19)32(29,30)25-13-11-24(12-14-25)22-17(2)23-26(18(22)3)20-10-15-31(27,28)16-20/h6-9,20H,4-5,10-16H2,1-3H3. The summed E-state index contributed by atoms with van der Waals surface area (Å²) in [5, 5.41) is 4.65. The number of benzene rings is 1. The number of anilines is 1. The molecule has 0 radical (unpaired) electrons. The smallest absolute Gasteiger partial charge is 0.243 e. The molecule has 8 nitrogen and oxygen atoms in total. The fourth-order valence-electron chi connectivity index (χ4n) is 4.85. The first-order chi connectivity index (χ1) is 15.1. The fourth-order valence-corrected chi connectivity index (χ4v) is 7.97. The SMILES string of the molecule is CCCc1ccc(S(=O)(=O)N2CCN(c3c(C)nn(C4CCS(=O)(=O)C4)c3C)CC2)cc1. The molecule has 2 saturated heterocycles. The largest absolute Gasteiger partial charge is 0.366 e. The molecule has 1 aromatic heterocycles. The predicted molar refractivity (Wildman–Crippen MR) is 125 cm³/mol. The first-order valence-corrected chi connectivity index (χ1v) is 14.5. The number of rotatable bonds is 6. The molecule has 10 heteroatoms. The van der Waals surface area contributed by atoms with Crippen molar-refractivity contribution in [3.05, 3.63) is 41.2 Å². The summed E-state index contributed by atoms with van der Waals surface area (Å²) < 4.78 is 53.4. The van der Waals surface area contributed by atoms with Crippen molar-refractivity contribution in [2.75, 3.05) is 42.6 Å². The molecule has 2 fully saturated rings. The summed E-state index contributed by atoms with van der Waals surface area (Å²) in [6.07, 6.45) is 2.56. The van der Waals surface area contributed by atoms with Crippen molar-refractivity contribution in [2.45, 2.75) is 51.0 Å². The summed E-state index contributed by atoms with van der Waals surface area (Å²) in [6.45, 7) is 7.96. The zero-order valence-corrected chi connectivity index (χ0v) is 20.6. The minimum atomic E-state index is -3.52. The molecular formula is C22H32N4O4S2. The van der Waals surface area contributed by atoms with Crippen LogP contribution in [0, 0.1) is 13.8 Å². The number of sulfone groups is 1. The Morgan fingerprint density at radius 3 is 2.28 bits per heavy atom. The third-order valence-electron chi connectivity index (χ3n) is 6.50. The van der Waals surface area contributed by atoms with Gasteiger partial charge in [-0.15, -0.1) is 0 Å². The molecule has 1 aromatic carbocycles. The average molecular weight is 481 g/mol. The van der Waals surface area contributed by atoms with Crippen LogP contribution >= 0.6 is 0 Å². The van der Waals surface area contributed by atoms with E-state index < -0.39 is 19.9 Å². The molecule has 0 N–H and O–H groups in total. The van der Waals surface area contributed by atoms with E-state index >= 15 is 0 Å². The van der Waals surface area contributed by atoms with Crippen molar-refractivity contribution >= 4 is 25.5 Å². The van der Waals surface area contributed by atoms with Crippen molar-refractivity contribution in [2.24, 2.45) is 0 Å². The van der Waals surface area contributed by atoms with Crippen LogP contribution in [0.5, 0.6) is 0 Å².